The molecule has 0 saturated carbocycles. The Kier molecular flexibility index (Phi) is 19.7. The van der Waals surface area contributed by atoms with Crippen LogP contribution in [0, 0.1) is 5.92 Å². The van der Waals surface area contributed by atoms with Gasteiger partial charge in [-0.15, -0.1) is 0 Å². The molecule has 0 spiro atoms. The van der Waals surface area contributed by atoms with Crippen molar-refractivity contribution in [2.45, 2.75) is 109 Å². The van der Waals surface area contributed by atoms with E-state index in [1.807, 2.05) is 0 Å². The summed E-state index contributed by atoms with van der Waals surface area (Å²) in [7, 11) is 0. The fourth-order valence-corrected chi connectivity index (χ4v) is 3.98. The number of carboxylic acids is 3. The summed E-state index contributed by atoms with van der Waals surface area (Å²) < 4.78 is 0. The van der Waals surface area contributed by atoms with Crippen molar-refractivity contribution < 1.29 is 39.3 Å². The van der Waals surface area contributed by atoms with Gasteiger partial charge in [0, 0.05) is 31.8 Å². The Morgan fingerprint density at radius 2 is 1.31 bits per heavy atom. The van der Waals surface area contributed by atoms with E-state index in [0.29, 0.717) is 38.3 Å². The highest BCUT2D eigenvalue weighted by molar-refractivity contribution is 5.86. The lowest BCUT2D eigenvalue weighted by atomic mass is 10.0. The first-order chi connectivity index (χ1) is 18.5. The molecule has 0 radical (unpaired) electrons. The van der Waals surface area contributed by atoms with E-state index in [1.54, 1.807) is 0 Å². The maximum atomic E-state index is 12.1. The van der Waals surface area contributed by atoms with Gasteiger partial charge in [-0.25, -0.2) is 14.4 Å². The lowest BCUT2D eigenvalue weighted by Crippen LogP contribution is -2.51. The summed E-state index contributed by atoms with van der Waals surface area (Å²) in [6, 6.07) is -3.63. The number of nitrogens with zero attached hydrogens (tertiary/aromatic N) is 1. The van der Waals surface area contributed by atoms with Crippen LogP contribution in [0.5, 0.6) is 0 Å². The van der Waals surface area contributed by atoms with E-state index in [0.717, 1.165) is 50.8 Å². The van der Waals surface area contributed by atoms with Gasteiger partial charge in [-0.1, -0.05) is 33.1 Å². The van der Waals surface area contributed by atoms with Crippen LogP contribution >= 0.6 is 0 Å². The van der Waals surface area contributed by atoms with Crippen molar-refractivity contribution in [2.24, 2.45) is 16.6 Å². The number of amides is 3. The molecule has 13 heteroatoms. The Hall–Kier alpha value is -3.38. The summed E-state index contributed by atoms with van der Waals surface area (Å²) in [5.41, 5.74) is 5.15. The summed E-state index contributed by atoms with van der Waals surface area (Å²) in [6.45, 7) is 5.51. The van der Waals surface area contributed by atoms with Crippen molar-refractivity contribution in [3.8, 4) is 0 Å². The number of aliphatic imine (C=N–C) groups is 1. The molecule has 2 unspecified atom stereocenters. The van der Waals surface area contributed by atoms with Gasteiger partial charge in [0.1, 0.15) is 12.1 Å². The molecule has 0 heterocycles. The molecule has 8 N–H and O–H groups in total. The lowest BCUT2D eigenvalue weighted by Gasteiger charge is -2.19. The second-order valence-corrected chi connectivity index (χ2v) is 9.52. The van der Waals surface area contributed by atoms with Crippen molar-refractivity contribution in [1.29, 1.82) is 0 Å². The van der Waals surface area contributed by atoms with E-state index in [1.165, 1.54) is 0 Å². The van der Waals surface area contributed by atoms with Crippen LogP contribution in [-0.2, 0) is 19.2 Å². The predicted octanol–water partition coefficient (Wildman–Crippen LogP) is 2.48. The molecule has 0 bridgehead atoms. The van der Waals surface area contributed by atoms with Crippen molar-refractivity contribution in [2.75, 3.05) is 13.1 Å². The zero-order valence-corrected chi connectivity index (χ0v) is 23.2. The normalized spacial score (nSPS) is 12.9. The highest BCUT2D eigenvalue weighted by Crippen LogP contribution is 2.11. The fraction of sp³-hybridized carbons (Fsp3) is 0.769. The number of hydrogen-bond acceptors (Lipinski definition) is 6. The minimum absolute atomic E-state index is 0.143. The maximum absolute atomic E-state index is 12.1. The van der Waals surface area contributed by atoms with Crippen LogP contribution in [-0.4, -0.2) is 76.2 Å². The smallest absolute Gasteiger partial charge is 0.326 e. The number of amidine groups is 1. The summed E-state index contributed by atoms with van der Waals surface area (Å²) in [6.07, 6.45) is 7.63. The minimum atomic E-state index is -1.44. The van der Waals surface area contributed by atoms with E-state index >= 15 is 0 Å². The Morgan fingerprint density at radius 3 is 1.85 bits per heavy atom. The van der Waals surface area contributed by atoms with E-state index in [-0.39, 0.29) is 18.7 Å². The van der Waals surface area contributed by atoms with Crippen molar-refractivity contribution >= 4 is 35.7 Å². The Balaban J connectivity index is 4.59. The van der Waals surface area contributed by atoms with Crippen LogP contribution in [0.2, 0.25) is 0 Å². The van der Waals surface area contributed by atoms with Gasteiger partial charge in [0.25, 0.3) is 0 Å². The molecule has 0 rings (SSSR count). The van der Waals surface area contributed by atoms with Crippen LogP contribution < -0.4 is 21.7 Å². The number of nitrogens with one attached hydrogen (secondary N) is 3. The van der Waals surface area contributed by atoms with E-state index in [2.05, 4.69) is 29.8 Å². The van der Waals surface area contributed by atoms with Crippen LogP contribution in [0.15, 0.2) is 4.99 Å². The third-order valence-electron chi connectivity index (χ3n) is 6.32. The number of unbranched alkanes of at least 4 members (excludes halogenated alkanes) is 5. The van der Waals surface area contributed by atoms with Crippen molar-refractivity contribution in [3.63, 3.8) is 0 Å². The fourth-order valence-electron chi connectivity index (χ4n) is 3.98. The second kappa shape index (κ2) is 21.5. The first kappa shape index (κ1) is 35.6. The number of urea groups is 1. The zero-order chi connectivity index (χ0) is 29.6. The van der Waals surface area contributed by atoms with Crippen LogP contribution in [0.1, 0.15) is 97.3 Å². The summed E-state index contributed by atoms with van der Waals surface area (Å²) in [5.74, 6) is -2.86. The average molecular weight is 558 g/mol. The van der Waals surface area contributed by atoms with Crippen LogP contribution in [0.25, 0.3) is 0 Å². The van der Waals surface area contributed by atoms with Gasteiger partial charge in [-0.05, 0) is 51.4 Å². The largest absolute Gasteiger partial charge is 0.481 e. The third-order valence-corrected chi connectivity index (χ3v) is 6.32. The molecule has 0 aromatic heterocycles. The molecule has 0 aromatic carbocycles. The quantitative estimate of drug-likeness (QED) is 0.0556. The van der Waals surface area contributed by atoms with Gasteiger partial charge in [-0.2, -0.15) is 0 Å². The first-order valence-electron chi connectivity index (χ1n) is 13.8. The van der Waals surface area contributed by atoms with Gasteiger partial charge >= 0.3 is 23.9 Å². The van der Waals surface area contributed by atoms with Gasteiger partial charge in [0.05, 0.1) is 5.84 Å². The monoisotopic (exact) mass is 557 g/mol. The van der Waals surface area contributed by atoms with Gasteiger partial charge in [-0.3, -0.25) is 14.6 Å². The number of carbonyl (C=O) groups is 5. The molecule has 13 nitrogen and oxygen atoms in total. The molecule has 0 fully saturated rings. The highest BCUT2D eigenvalue weighted by Gasteiger charge is 2.24. The molecule has 224 valence electrons. The number of nitrogens with two attached hydrogens (primary N) is 1. The summed E-state index contributed by atoms with van der Waals surface area (Å²) >= 11 is 0. The lowest BCUT2D eigenvalue weighted by molar-refractivity contribution is -0.140. The highest BCUT2D eigenvalue weighted by atomic mass is 16.4. The molecular weight excluding hydrogens is 510 g/mol. The molecule has 0 aromatic rings. The molecule has 0 saturated heterocycles. The van der Waals surface area contributed by atoms with Crippen molar-refractivity contribution in [1.82, 2.24) is 16.0 Å². The predicted molar refractivity (Wildman–Crippen MR) is 147 cm³/mol. The number of carbonyl (C=O) groups excluding carboxylic acids is 2. The molecule has 0 aliphatic carbocycles. The number of carboxylic acid groups (broad SMARTS) is 3. The Labute approximate surface area is 230 Å². The average Bonchev–Trinajstić information content (AvgIpc) is 2.86. The van der Waals surface area contributed by atoms with E-state index in [9.17, 15) is 29.1 Å². The van der Waals surface area contributed by atoms with Gasteiger partial charge in [0.2, 0.25) is 5.91 Å². The number of rotatable bonds is 23. The SMILES string of the molecule is CCC(CC)C(=NCCCCCCCC(N)=O)NCCCCC(NC(=O)NC(CCC(=O)O)C(=O)O)C(=O)O. The zero-order valence-electron chi connectivity index (χ0n) is 23.2. The van der Waals surface area contributed by atoms with E-state index in [4.69, 9.17) is 20.9 Å². The van der Waals surface area contributed by atoms with Crippen LogP contribution in [0.3, 0.4) is 0 Å². The first-order valence-corrected chi connectivity index (χ1v) is 13.8. The van der Waals surface area contributed by atoms with Crippen molar-refractivity contribution in [3.05, 3.63) is 0 Å². The van der Waals surface area contributed by atoms with Gasteiger partial charge < -0.3 is 37.0 Å². The number of primary amides is 1. The molecule has 39 heavy (non-hydrogen) atoms. The third kappa shape index (κ3) is 18.5. The second-order valence-electron chi connectivity index (χ2n) is 9.52. The minimum Gasteiger partial charge on any atom is -0.481 e. The molecular formula is C26H47N5O8. The maximum Gasteiger partial charge on any atom is 0.326 e. The standard InChI is InChI=1S/C26H47N5O8/c1-3-18(4-2)23(28-16-10-7-5-6-8-13-21(27)32)29-17-11-9-12-19(24(35)36)30-26(39)31-20(25(37)38)14-15-22(33)34/h18-20H,3-17H2,1-2H3,(H2,27,32)(H,28,29)(H,33,34)(H,35,36)(H,37,38)(H2,30,31,39). The molecule has 2 atom stereocenters. The number of hydrogen-bond donors (Lipinski definition) is 7. The molecule has 3 amide bonds. The summed E-state index contributed by atoms with van der Waals surface area (Å²) in [4.78, 5) is 61.1. The Morgan fingerprint density at radius 1 is 0.744 bits per heavy atom. The molecule has 0 aliphatic heterocycles. The van der Waals surface area contributed by atoms with Crippen LogP contribution in [0.4, 0.5) is 4.79 Å². The Bertz CT molecular complexity index is 801. The molecule has 0 aliphatic rings. The van der Waals surface area contributed by atoms with Gasteiger partial charge in [0.15, 0.2) is 0 Å². The summed E-state index contributed by atoms with van der Waals surface area (Å²) in [5, 5.41) is 35.1. The number of aliphatic carboxylic acids is 3. The topological polar surface area (TPSA) is 221 Å². The van der Waals surface area contributed by atoms with E-state index < -0.39 is 42.4 Å².